The number of rotatable bonds is 6. The van der Waals surface area contributed by atoms with Crippen LogP contribution in [0.25, 0.3) is 22.6 Å². The topological polar surface area (TPSA) is 107 Å². The van der Waals surface area contributed by atoms with Crippen LogP contribution in [0.1, 0.15) is 38.8 Å². The minimum absolute atomic E-state index is 0.171. The molecule has 1 atom stereocenters. The number of carbonyl (C=O) groups is 2. The van der Waals surface area contributed by atoms with Gasteiger partial charge in [0.1, 0.15) is 5.69 Å². The van der Waals surface area contributed by atoms with Crippen molar-refractivity contribution < 1.29 is 23.3 Å². The first-order chi connectivity index (χ1) is 17.4. The number of carbonyl (C=O) groups excluding carboxylic acids is 2. The Bertz CT molecular complexity index is 1560. The predicted molar refractivity (Wildman–Crippen MR) is 133 cm³/mol. The zero-order valence-corrected chi connectivity index (χ0v) is 19.9. The van der Waals surface area contributed by atoms with Crippen molar-refractivity contribution in [3.63, 3.8) is 0 Å². The van der Waals surface area contributed by atoms with Gasteiger partial charge in [0.25, 0.3) is 11.6 Å². The highest BCUT2D eigenvalue weighted by Crippen LogP contribution is 2.30. The molecule has 1 unspecified atom stereocenters. The Kier molecular flexibility index (Phi) is 6.08. The Labute approximate surface area is 206 Å². The van der Waals surface area contributed by atoms with E-state index in [-0.39, 0.29) is 11.3 Å². The number of hydrogen-bond donors (Lipinski definition) is 1. The monoisotopic (exact) mass is 481 g/mol. The van der Waals surface area contributed by atoms with Gasteiger partial charge in [-0.15, -0.1) is 0 Å². The van der Waals surface area contributed by atoms with E-state index in [2.05, 4.69) is 15.5 Å². The molecule has 8 nitrogen and oxygen atoms in total. The smallest absolute Gasteiger partial charge is 0.340 e. The molecule has 5 aromatic rings. The third kappa shape index (κ3) is 4.48. The molecule has 3 aromatic heterocycles. The van der Waals surface area contributed by atoms with Crippen molar-refractivity contribution in [3.05, 3.63) is 101 Å². The molecule has 0 aliphatic heterocycles. The van der Waals surface area contributed by atoms with Crippen LogP contribution >= 0.6 is 0 Å². The van der Waals surface area contributed by atoms with Gasteiger partial charge in [0, 0.05) is 11.3 Å². The largest absolute Gasteiger partial charge is 0.463 e. The van der Waals surface area contributed by atoms with Crippen LogP contribution < -0.4 is 5.32 Å². The minimum Gasteiger partial charge on any atom is -0.463 e. The van der Waals surface area contributed by atoms with E-state index in [1.54, 1.807) is 49.4 Å². The van der Waals surface area contributed by atoms with E-state index >= 15 is 0 Å². The van der Waals surface area contributed by atoms with Crippen molar-refractivity contribution in [1.29, 1.82) is 0 Å². The third-order valence-electron chi connectivity index (χ3n) is 5.83. The van der Waals surface area contributed by atoms with Gasteiger partial charge >= 0.3 is 5.97 Å². The highest BCUT2D eigenvalue weighted by Gasteiger charge is 2.29. The summed E-state index contributed by atoms with van der Waals surface area (Å²) in [7, 11) is 0. The molecular formula is C28H23N3O5. The van der Waals surface area contributed by atoms with Crippen molar-refractivity contribution in [3.8, 4) is 11.5 Å². The van der Waals surface area contributed by atoms with E-state index in [4.69, 9.17) is 13.7 Å². The van der Waals surface area contributed by atoms with Crippen LogP contribution in [-0.2, 0) is 9.53 Å². The zero-order chi connectivity index (χ0) is 25.2. The van der Waals surface area contributed by atoms with Gasteiger partial charge in [0.15, 0.2) is 5.76 Å². The number of ether oxygens (including phenoxy) is 1. The van der Waals surface area contributed by atoms with E-state index in [1.165, 1.54) is 6.26 Å². The Hall–Kier alpha value is -4.72. The maximum absolute atomic E-state index is 13.6. The molecule has 0 fully saturated rings. The third-order valence-corrected chi connectivity index (χ3v) is 5.83. The first-order valence-corrected chi connectivity index (χ1v) is 11.4. The number of pyridine rings is 1. The summed E-state index contributed by atoms with van der Waals surface area (Å²) in [5, 5.41) is 7.28. The number of benzene rings is 2. The Morgan fingerprint density at radius 1 is 0.972 bits per heavy atom. The second-order valence-corrected chi connectivity index (χ2v) is 8.48. The lowest BCUT2D eigenvalue weighted by Gasteiger charge is -2.19. The average Bonchev–Trinajstić information content (AvgIpc) is 3.55. The molecular weight excluding hydrogens is 458 g/mol. The quantitative estimate of drug-likeness (QED) is 0.299. The Morgan fingerprint density at radius 3 is 2.53 bits per heavy atom. The van der Waals surface area contributed by atoms with E-state index in [1.807, 2.05) is 38.1 Å². The van der Waals surface area contributed by atoms with Crippen LogP contribution in [0.3, 0.4) is 0 Å². The number of esters is 1. The molecule has 1 N–H and O–H groups in total. The SMILES string of the molecule is Cc1ccc(C)c(NC(=O)C(OC(=O)c2cc(-c3ccco3)nc3onc(C)c23)c2ccccc2)c1. The van der Waals surface area contributed by atoms with E-state index < -0.39 is 18.0 Å². The van der Waals surface area contributed by atoms with Crippen LogP contribution in [-0.4, -0.2) is 22.0 Å². The molecule has 0 spiro atoms. The maximum atomic E-state index is 13.6. The number of amides is 1. The molecule has 0 saturated heterocycles. The number of nitrogens with zero attached hydrogens (tertiary/aromatic N) is 2. The van der Waals surface area contributed by atoms with Crippen molar-refractivity contribution in [2.75, 3.05) is 5.32 Å². The van der Waals surface area contributed by atoms with Crippen molar-refractivity contribution in [2.45, 2.75) is 26.9 Å². The standard InChI is InChI=1S/C28H23N3O5/c1-16-11-12-17(2)21(14-16)29-26(32)25(19-8-5-4-6-9-19)35-28(33)20-15-22(23-10-7-13-34-23)30-27-24(20)18(3)31-36-27/h4-15,25H,1-3H3,(H,29,32). The van der Waals surface area contributed by atoms with Gasteiger partial charge in [0.05, 0.1) is 22.9 Å². The summed E-state index contributed by atoms with van der Waals surface area (Å²) >= 11 is 0. The second kappa shape index (κ2) is 9.50. The Morgan fingerprint density at radius 2 is 1.78 bits per heavy atom. The summed E-state index contributed by atoms with van der Waals surface area (Å²) < 4.78 is 16.6. The Balaban J connectivity index is 1.53. The zero-order valence-electron chi connectivity index (χ0n) is 19.9. The first kappa shape index (κ1) is 23.0. The minimum atomic E-state index is -1.20. The summed E-state index contributed by atoms with van der Waals surface area (Å²) in [5.74, 6) is -0.736. The number of fused-ring (bicyclic) bond motifs is 1. The first-order valence-electron chi connectivity index (χ1n) is 11.4. The predicted octanol–water partition coefficient (Wildman–Crippen LogP) is 5.94. The van der Waals surface area contributed by atoms with Crippen LogP contribution in [0.15, 0.2) is 81.9 Å². The molecule has 2 aromatic carbocycles. The maximum Gasteiger partial charge on any atom is 0.340 e. The summed E-state index contributed by atoms with van der Waals surface area (Å²) in [6.45, 7) is 5.55. The lowest BCUT2D eigenvalue weighted by molar-refractivity contribution is -0.125. The summed E-state index contributed by atoms with van der Waals surface area (Å²) in [6, 6.07) is 19.6. The van der Waals surface area contributed by atoms with Crippen LogP contribution in [0.4, 0.5) is 5.69 Å². The molecule has 1 amide bonds. The van der Waals surface area contributed by atoms with E-state index in [9.17, 15) is 9.59 Å². The molecule has 8 heteroatoms. The van der Waals surface area contributed by atoms with Gasteiger partial charge in [0.2, 0.25) is 6.10 Å². The number of furan rings is 1. The molecule has 180 valence electrons. The molecule has 0 radical (unpaired) electrons. The van der Waals surface area contributed by atoms with Crippen LogP contribution in [0.5, 0.6) is 0 Å². The van der Waals surface area contributed by atoms with Crippen molar-refractivity contribution in [1.82, 2.24) is 10.1 Å². The average molecular weight is 482 g/mol. The number of nitrogens with one attached hydrogen (secondary N) is 1. The van der Waals surface area contributed by atoms with Gasteiger partial charge in [-0.05, 0) is 56.2 Å². The molecule has 0 aliphatic rings. The number of hydrogen-bond acceptors (Lipinski definition) is 7. The second-order valence-electron chi connectivity index (χ2n) is 8.48. The van der Waals surface area contributed by atoms with Gasteiger partial charge < -0.3 is 19.0 Å². The fourth-order valence-corrected chi connectivity index (χ4v) is 3.95. The molecule has 0 saturated carbocycles. The van der Waals surface area contributed by atoms with Crippen LogP contribution in [0, 0.1) is 20.8 Å². The lowest BCUT2D eigenvalue weighted by Crippen LogP contribution is -2.26. The van der Waals surface area contributed by atoms with Gasteiger partial charge in [-0.2, -0.15) is 0 Å². The fourth-order valence-electron chi connectivity index (χ4n) is 3.95. The number of aryl methyl sites for hydroxylation is 3. The molecule has 36 heavy (non-hydrogen) atoms. The highest BCUT2D eigenvalue weighted by molar-refractivity contribution is 6.06. The van der Waals surface area contributed by atoms with Gasteiger partial charge in [-0.25, -0.2) is 9.78 Å². The van der Waals surface area contributed by atoms with Crippen LogP contribution in [0.2, 0.25) is 0 Å². The lowest BCUT2D eigenvalue weighted by atomic mass is 10.1. The van der Waals surface area contributed by atoms with Gasteiger partial charge in [-0.1, -0.05) is 47.6 Å². The normalized spacial score (nSPS) is 11.9. The van der Waals surface area contributed by atoms with Crippen molar-refractivity contribution >= 4 is 28.7 Å². The number of aromatic nitrogens is 2. The fraction of sp³-hybridized carbons (Fsp3) is 0.143. The molecule has 3 heterocycles. The van der Waals surface area contributed by atoms with Gasteiger partial charge in [-0.3, -0.25) is 4.79 Å². The summed E-state index contributed by atoms with van der Waals surface area (Å²) in [4.78, 5) is 31.4. The summed E-state index contributed by atoms with van der Waals surface area (Å²) in [5.41, 5.74) is 4.28. The molecule has 0 bridgehead atoms. The summed E-state index contributed by atoms with van der Waals surface area (Å²) in [6.07, 6.45) is 0.308. The molecule has 0 aliphatic carbocycles. The van der Waals surface area contributed by atoms with Crippen molar-refractivity contribution in [2.24, 2.45) is 0 Å². The van der Waals surface area contributed by atoms with E-state index in [0.717, 1.165) is 11.1 Å². The highest BCUT2D eigenvalue weighted by atomic mass is 16.5. The number of anilines is 1. The van der Waals surface area contributed by atoms with E-state index in [0.29, 0.717) is 33.8 Å². The molecule has 5 rings (SSSR count).